The van der Waals surface area contributed by atoms with Gasteiger partial charge in [-0.2, -0.15) is 0 Å². The number of esters is 1. The Labute approximate surface area is 151 Å². The van der Waals surface area contributed by atoms with E-state index in [0.29, 0.717) is 12.8 Å². The summed E-state index contributed by atoms with van der Waals surface area (Å²) in [4.78, 5) is 17.7. The molecule has 140 valence electrons. The van der Waals surface area contributed by atoms with Crippen molar-refractivity contribution >= 4 is 22.5 Å². The van der Waals surface area contributed by atoms with Gasteiger partial charge in [0.15, 0.2) is 0 Å². The minimum absolute atomic E-state index is 0. The lowest BCUT2D eigenvalue weighted by Crippen LogP contribution is -2.44. The van der Waals surface area contributed by atoms with Crippen molar-refractivity contribution in [2.45, 2.75) is 50.9 Å². The van der Waals surface area contributed by atoms with E-state index in [4.69, 9.17) is 9.57 Å². The maximum absolute atomic E-state index is 12.2. The lowest BCUT2D eigenvalue weighted by Gasteiger charge is -2.26. The van der Waals surface area contributed by atoms with E-state index in [-0.39, 0.29) is 18.2 Å². The Morgan fingerprint density at radius 2 is 2.00 bits per heavy atom. The minimum atomic E-state index is -1.36. The highest BCUT2D eigenvalue weighted by molar-refractivity contribution is 7.86. The maximum Gasteiger partial charge on any atom is 0.324 e. The van der Waals surface area contributed by atoms with Crippen LogP contribution in [0.3, 0.4) is 0 Å². The fourth-order valence-electron chi connectivity index (χ4n) is 2.68. The molecule has 3 atom stereocenters. The fraction of sp³-hybridized carbons (Fsp3) is 0.556. The van der Waals surface area contributed by atoms with Gasteiger partial charge in [0.1, 0.15) is 10.9 Å². The number of nitrogens with zero attached hydrogens (tertiary/aromatic N) is 1. The normalized spacial score (nSPS) is 19.8. The first-order valence-corrected chi connectivity index (χ1v) is 9.79. The second-order valence-electron chi connectivity index (χ2n) is 6.13. The third-order valence-corrected chi connectivity index (χ3v) is 5.99. The third-order valence-electron chi connectivity index (χ3n) is 4.39. The molecule has 7 heteroatoms. The van der Waals surface area contributed by atoms with E-state index in [1.54, 1.807) is 13.8 Å². The van der Waals surface area contributed by atoms with Gasteiger partial charge in [0.2, 0.25) is 0 Å². The van der Waals surface area contributed by atoms with Crippen LogP contribution in [-0.4, -0.2) is 45.1 Å². The van der Waals surface area contributed by atoms with E-state index >= 15 is 0 Å². The fourth-order valence-corrected chi connectivity index (χ4v) is 3.39. The zero-order valence-electron chi connectivity index (χ0n) is 15.2. The van der Waals surface area contributed by atoms with E-state index in [2.05, 4.69) is 24.2 Å². The summed E-state index contributed by atoms with van der Waals surface area (Å²) in [6.07, 6.45) is 3.15. The molecule has 0 aromatic heterocycles. The van der Waals surface area contributed by atoms with Crippen LogP contribution in [0.1, 0.15) is 44.7 Å². The lowest BCUT2D eigenvalue weighted by molar-refractivity contribution is -0.146. The van der Waals surface area contributed by atoms with Gasteiger partial charge in [0.05, 0.1) is 12.3 Å². The Morgan fingerprint density at radius 1 is 1.36 bits per heavy atom. The lowest BCUT2D eigenvalue weighted by atomic mass is 9.96. The van der Waals surface area contributed by atoms with Gasteiger partial charge in [-0.15, -0.1) is 0 Å². The number of ether oxygens (including phenoxy) is 1. The SMILES string of the molecule is CCOC(=O)C(C)(C[C@H]1CC(c2ccc(CC)cc2)=NO1)S(C)=O.O. The van der Waals surface area contributed by atoms with Crippen molar-refractivity contribution in [2.75, 3.05) is 12.9 Å². The van der Waals surface area contributed by atoms with Gasteiger partial charge in [0.25, 0.3) is 0 Å². The van der Waals surface area contributed by atoms with Crippen molar-refractivity contribution < 1.29 is 24.1 Å². The summed E-state index contributed by atoms with van der Waals surface area (Å²) in [7, 11) is -1.36. The summed E-state index contributed by atoms with van der Waals surface area (Å²) in [6.45, 7) is 5.79. The first-order chi connectivity index (χ1) is 11.4. The van der Waals surface area contributed by atoms with E-state index < -0.39 is 21.5 Å². The molecule has 0 fully saturated rings. The van der Waals surface area contributed by atoms with Crippen molar-refractivity contribution in [3.63, 3.8) is 0 Å². The monoisotopic (exact) mass is 369 g/mol. The quantitative estimate of drug-likeness (QED) is 0.687. The van der Waals surface area contributed by atoms with Gasteiger partial charge >= 0.3 is 5.97 Å². The molecule has 0 spiro atoms. The van der Waals surface area contributed by atoms with Gasteiger partial charge in [-0.1, -0.05) is 36.3 Å². The topological polar surface area (TPSA) is 96.5 Å². The van der Waals surface area contributed by atoms with Gasteiger partial charge in [-0.05, 0) is 31.4 Å². The second-order valence-corrected chi connectivity index (χ2v) is 7.94. The number of benzene rings is 1. The Kier molecular flexibility index (Phi) is 7.76. The summed E-state index contributed by atoms with van der Waals surface area (Å²) in [5.74, 6) is -0.449. The summed E-state index contributed by atoms with van der Waals surface area (Å²) in [6, 6.07) is 8.22. The third kappa shape index (κ3) is 4.89. The number of carbonyl (C=O) groups is 1. The van der Waals surface area contributed by atoms with Gasteiger partial charge in [-0.25, -0.2) is 0 Å². The molecule has 0 amide bonds. The molecule has 25 heavy (non-hydrogen) atoms. The highest BCUT2D eigenvalue weighted by Gasteiger charge is 2.43. The molecule has 0 aliphatic carbocycles. The molecule has 0 saturated carbocycles. The largest absolute Gasteiger partial charge is 0.465 e. The molecular weight excluding hydrogens is 342 g/mol. The van der Waals surface area contributed by atoms with Gasteiger partial charge < -0.3 is 15.1 Å². The first kappa shape index (κ1) is 21.3. The number of hydrogen-bond donors (Lipinski definition) is 0. The Bertz CT molecular complexity index is 643. The number of carbonyl (C=O) groups excluding carboxylic acids is 1. The predicted octanol–water partition coefficient (Wildman–Crippen LogP) is 2.01. The molecule has 1 aromatic carbocycles. The molecule has 1 aliphatic heterocycles. The molecule has 1 aromatic rings. The molecule has 2 unspecified atom stereocenters. The van der Waals surface area contributed by atoms with Crippen molar-refractivity contribution in [3.05, 3.63) is 35.4 Å². The van der Waals surface area contributed by atoms with Crippen molar-refractivity contribution in [1.29, 1.82) is 0 Å². The average Bonchev–Trinajstić information content (AvgIpc) is 3.03. The van der Waals surface area contributed by atoms with E-state index in [0.717, 1.165) is 17.7 Å². The van der Waals surface area contributed by atoms with Crippen LogP contribution in [-0.2, 0) is 31.6 Å². The molecule has 6 nitrogen and oxygen atoms in total. The standard InChI is InChI=1S/C18H25NO4S.H2O/c1-5-13-7-9-14(10-8-13)16-11-15(23-19-16)12-18(3,24(4)21)17(20)22-6-2;/h7-10,15H,5-6,11-12H2,1-4H3;1H2/t15-,18?,24?;/m1./s1. The summed E-state index contributed by atoms with van der Waals surface area (Å²) in [5.41, 5.74) is 3.15. The summed E-state index contributed by atoms with van der Waals surface area (Å²) in [5, 5.41) is 4.16. The number of rotatable bonds is 7. The Hall–Kier alpha value is -1.73. The molecule has 0 radical (unpaired) electrons. The second kappa shape index (κ2) is 9.10. The maximum atomic E-state index is 12.2. The van der Waals surface area contributed by atoms with Crippen LogP contribution in [0.2, 0.25) is 0 Å². The van der Waals surface area contributed by atoms with Gasteiger partial charge in [-0.3, -0.25) is 9.00 Å². The molecule has 1 aliphatic rings. The van der Waals surface area contributed by atoms with Crippen LogP contribution in [0.15, 0.2) is 29.4 Å². The number of oxime groups is 1. The molecular formula is C18H27NO5S. The van der Waals surface area contributed by atoms with E-state index in [1.807, 2.05) is 12.1 Å². The summed E-state index contributed by atoms with van der Waals surface area (Å²) < 4.78 is 16.1. The summed E-state index contributed by atoms with van der Waals surface area (Å²) >= 11 is 0. The van der Waals surface area contributed by atoms with Crippen molar-refractivity contribution in [1.82, 2.24) is 0 Å². The van der Waals surface area contributed by atoms with Gasteiger partial charge in [0, 0.05) is 29.9 Å². The van der Waals surface area contributed by atoms with Crippen LogP contribution in [0.25, 0.3) is 0 Å². The van der Waals surface area contributed by atoms with Crippen LogP contribution < -0.4 is 0 Å². The first-order valence-electron chi connectivity index (χ1n) is 8.23. The number of hydrogen-bond acceptors (Lipinski definition) is 5. The molecule has 1 heterocycles. The minimum Gasteiger partial charge on any atom is -0.465 e. The van der Waals surface area contributed by atoms with Crippen LogP contribution in [0.5, 0.6) is 0 Å². The van der Waals surface area contributed by atoms with Crippen molar-refractivity contribution in [2.24, 2.45) is 5.16 Å². The highest BCUT2D eigenvalue weighted by atomic mass is 32.2. The molecule has 2 N–H and O–H groups in total. The van der Waals surface area contributed by atoms with E-state index in [1.165, 1.54) is 11.8 Å². The van der Waals surface area contributed by atoms with Crippen LogP contribution in [0.4, 0.5) is 0 Å². The average molecular weight is 369 g/mol. The zero-order chi connectivity index (χ0) is 17.7. The van der Waals surface area contributed by atoms with E-state index in [9.17, 15) is 9.00 Å². The number of aryl methyl sites for hydroxylation is 1. The Morgan fingerprint density at radius 3 is 2.52 bits per heavy atom. The molecule has 0 saturated heterocycles. The Balaban J connectivity index is 0.00000312. The van der Waals surface area contributed by atoms with Crippen LogP contribution >= 0.6 is 0 Å². The predicted molar refractivity (Wildman–Crippen MR) is 99.2 cm³/mol. The zero-order valence-corrected chi connectivity index (χ0v) is 16.0. The molecule has 0 bridgehead atoms. The molecule has 2 rings (SSSR count). The highest BCUT2D eigenvalue weighted by Crippen LogP contribution is 2.28. The van der Waals surface area contributed by atoms with Crippen LogP contribution in [0, 0.1) is 0 Å². The van der Waals surface area contributed by atoms with Crippen molar-refractivity contribution in [3.8, 4) is 0 Å². The smallest absolute Gasteiger partial charge is 0.324 e.